The molecule has 2 N–H and O–H groups in total. The van der Waals surface area contributed by atoms with Crippen LogP contribution in [-0.2, 0) is 13.0 Å². The summed E-state index contributed by atoms with van der Waals surface area (Å²) in [6.07, 6.45) is 0.780. The molecular weight excluding hydrogens is 501 g/mol. The van der Waals surface area contributed by atoms with Gasteiger partial charge in [0.1, 0.15) is 11.5 Å². The summed E-state index contributed by atoms with van der Waals surface area (Å²) in [6.45, 7) is 2.09. The zero-order valence-corrected chi connectivity index (χ0v) is 19.4. The quantitative estimate of drug-likeness (QED) is 0.311. The molecule has 0 spiro atoms. The molecule has 0 aliphatic heterocycles. The van der Waals surface area contributed by atoms with Gasteiger partial charge < -0.3 is 20.1 Å². The van der Waals surface area contributed by atoms with Crippen molar-refractivity contribution >= 4 is 41.3 Å². The van der Waals surface area contributed by atoms with Gasteiger partial charge in [0.2, 0.25) is 0 Å². The smallest absolute Gasteiger partial charge is 0.387 e. The Kier molecular flexibility index (Phi) is 10.4. The number of hydrogen-bond donors (Lipinski definition) is 2. The number of guanidine groups is 1. The number of aromatic nitrogens is 1. The molecule has 2 rings (SSSR count). The molecule has 6 nitrogen and oxygen atoms in total. The number of aliphatic imine (C=N–C) groups is 1. The molecule has 1 aromatic carbocycles. The van der Waals surface area contributed by atoms with Gasteiger partial charge in [-0.15, -0.1) is 35.3 Å². The van der Waals surface area contributed by atoms with Crippen molar-refractivity contribution in [2.75, 3.05) is 20.7 Å². The molecule has 28 heavy (non-hydrogen) atoms. The standard InChI is InChI=1S/C18H24F2N4O2S.HI/c1-11-12(2)27-16(24-11)7-8-22-18(21-3)23-10-13-5-6-14(25-4)9-15(13)26-17(19)20;/h5-6,9,17H,7-8,10H2,1-4H3,(H2,21,22,23);1H. The van der Waals surface area contributed by atoms with Crippen LogP contribution in [0.2, 0.25) is 0 Å². The van der Waals surface area contributed by atoms with Crippen molar-refractivity contribution in [2.45, 2.75) is 33.4 Å². The van der Waals surface area contributed by atoms with E-state index >= 15 is 0 Å². The van der Waals surface area contributed by atoms with Gasteiger partial charge in [0.15, 0.2) is 5.96 Å². The van der Waals surface area contributed by atoms with Crippen LogP contribution in [0.15, 0.2) is 23.2 Å². The van der Waals surface area contributed by atoms with Crippen molar-refractivity contribution in [3.8, 4) is 11.5 Å². The van der Waals surface area contributed by atoms with Gasteiger partial charge >= 0.3 is 6.61 Å². The predicted molar refractivity (Wildman–Crippen MR) is 119 cm³/mol. The Morgan fingerprint density at radius 2 is 2.04 bits per heavy atom. The maximum atomic E-state index is 12.6. The Morgan fingerprint density at radius 3 is 2.61 bits per heavy atom. The van der Waals surface area contributed by atoms with Gasteiger partial charge in [-0.1, -0.05) is 0 Å². The Labute approximate surface area is 184 Å². The van der Waals surface area contributed by atoms with Gasteiger partial charge in [-0.3, -0.25) is 4.99 Å². The molecule has 0 radical (unpaired) electrons. The van der Waals surface area contributed by atoms with Crippen molar-refractivity contribution in [1.82, 2.24) is 15.6 Å². The Morgan fingerprint density at radius 1 is 1.29 bits per heavy atom. The molecule has 1 heterocycles. The molecule has 0 atom stereocenters. The number of nitrogens with one attached hydrogen (secondary N) is 2. The fourth-order valence-corrected chi connectivity index (χ4v) is 3.28. The average molecular weight is 526 g/mol. The molecule has 0 aliphatic rings. The van der Waals surface area contributed by atoms with Crippen molar-refractivity contribution in [2.24, 2.45) is 4.99 Å². The summed E-state index contributed by atoms with van der Waals surface area (Å²) in [4.78, 5) is 9.87. The third kappa shape index (κ3) is 7.38. The fourth-order valence-electron chi connectivity index (χ4n) is 2.35. The van der Waals surface area contributed by atoms with Crippen LogP contribution in [0.5, 0.6) is 11.5 Å². The van der Waals surface area contributed by atoms with Gasteiger partial charge in [0.05, 0.1) is 17.8 Å². The van der Waals surface area contributed by atoms with Crippen molar-refractivity contribution < 1.29 is 18.3 Å². The second kappa shape index (κ2) is 12.0. The molecule has 0 unspecified atom stereocenters. The number of aryl methyl sites for hydroxylation is 2. The molecule has 0 saturated heterocycles. The highest BCUT2D eigenvalue weighted by Gasteiger charge is 2.12. The van der Waals surface area contributed by atoms with Gasteiger partial charge in [-0.05, 0) is 26.0 Å². The van der Waals surface area contributed by atoms with E-state index in [4.69, 9.17) is 4.74 Å². The van der Waals surface area contributed by atoms with Gasteiger partial charge in [-0.25, -0.2) is 4.98 Å². The van der Waals surface area contributed by atoms with Crippen LogP contribution < -0.4 is 20.1 Å². The zero-order valence-electron chi connectivity index (χ0n) is 16.2. The number of ether oxygens (including phenoxy) is 2. The molecule has 10 heteroatoms. The van der Waals surface area contributed by atoms with Crippen LogP contribution >= 0.6 is 35.3 Å². The predicted octanol–water partition coefficient (Wildman–Crippen LogP) is 3.90. The Balaban J connectivity index is 0.00000392. The van der Waals surface area contributed by atoms with Crippen LogP contribution in [-0.4, -0.2) is 38.3 Å². The number of thiazole rings is 1. The number of methoxy groups -OCH3 is 1. The summed E-state index contributed by atoms with van der Waals surface area (Å²) in [6, 6.07) is 4.81. The maximum absolute atomic E-state index is 12.6. The summed E-state index contributed by atoms with van der Waals surface area (Å²) in [5, 5.41) is 7.35. The number of rotatable bonds is 8. The van der Waals surface area contributed by atoms with Crippen molar-refractivity contribution in [1.29, 1.82) is 0 Å². The first-order valence-electron chi connectivity index (χ1n) is 8.42. The second-order valence-corrected chi connectivity index (χ2v) is 6.99. The van der Waals surface area contributed by atoms with E-state index in [0.29, 0.717) is 23.8 Å². The molecule has 0 bridgehead atoms. The van der Waals surface area contributed by atoms with Crippen molar-refractivity contribution in [3.05, 3.63) is 39.3 Å². The molecule has 0 amide bonds. The van der Waals surface area contributed by atoms with E-state index in [0.717, 1.165) is 17.1 Å². The molecule has 2 aromatic rings. The number of nitrogens with zero attached hydrogens (tertiary/aromatic N) is 2. The summed E-state index contributed by atoms with van der Waals surface area (Å²) in [5.74, 6) is 1.09. The Hall–Kier alpha value is -1.69. The van der Waals surface area contributed by atoms with E-state index in [1.165, 1.54) is 18.1 Å². The van der Waals surface area contributed by atoms with E-state index in [-0.39, 0.29) is 36.3 Å². The van der Waals surface area contributed by atoms with Crippen LogP contribution in [0.3, 0.4) is 0 Å². The van der Waals surface area contributed by atoms with Gasteiger partial charge in [0.25, 0.3) is 0 Å². The maximum Gasteiger partial charge on any atom is 0.387 e. The lowest BCUT2D eigenvalue weighted by atomic mass is 10.2. The third-order valence-electron chi connectivity index (χ3n) is 3.86. The van der Waals surface area contributed by atoms with E-state index in [2.05, 4.69) is 32.3 Å². The third-order valence-corrected chi connectivity index (χ3v) is 5.00. The fraction of sp³-hybridized carbons (Fsp3) is 0.444. The molecule has 1 aromatic heterocycles. The first-order chi connectivity index (χ1) is 12.9. The SMILES string of the molecule is CN=C(NCCc1nc(C)c(C)s1)NCc1ccc(OC)cc1OC(F)F.I. The molecule has 156 valence electrons. The average Bonchev–Trinajstić information content (AvgIpc) is 2.95. The van der Waals surface area contributed by atoms with E-state index in [9.17, 15) is 8.78 Å². The summed E-state index contributed by atoms with van der Waals surface area (Å²) in [5.41, 5.74) is 1.63. The monoisotopic (exact) mass is 526 g/mol. The first-order valence-corrected chi connectivity index (χ1v) is 9.23. The number of hydrogen-bond acceptors (Lipinski definition) is 5. The van der Waals surface area contributed by atoms with Crippen LogP contribution in [0.1, 0.15) is 21.1 Å². The lowest BCUT2D eigenvalue weighted by Crippen LogP contribution is -2.38. The van der Waals surface area contributed by atoms with Crippen molar-refractivity contribution in [3.63, 3.8) is 0 Å². The number of alkyl halides is 2. The summed E-state index contributed by atoms with van der Waals surface area (Å²) in [7, 11) is 3.12. The van der Waals surface area contributed by atoms with Crippen LogP contribution in [0.4, 0.5) is 8.78 Å². The normalized spacial score (nSPS) is 11.2. The zero-order chi connectivity index (χ0) is 19.8. The van der Waals surface area contributed by atoms with E-state index in [1.54, 1.807) is 30.5 Å². The van der Waals surface area contributed by atoms with Crippen LogP contribution in [0.25, 0.3) is 0 Å². The summed E-state index contributed by atoms with van der Waals surface area (Å²) < 4.78 is 34.9. The van der Waals surface area contributed by atoms with Crippen LogP contribution in [0, 0.1) is 13.8 Å². The topological polar surface area (TPSA) is 67.8 Å². The Bertz CT molecular complexity index is 767. The van der Waals surface area contributed by atoms with Gasteiger partial charge in [-0.2, -0.15) is 8.78 Å². The molecule has 0 fully saturated rings. The molecule has 0 saturated carbocycles. The highest BCUT2D eigenvalue weighted by Crippen LogP contribution is 2.26. The summed E-state index contributed by atoms with van der Waals surface area (Å²) >= 11 is 1.68. The van der Waals surface area contributed by atoms with Gasteiger partial charge in [0, 0.05) is 43.1 Å². The lowest BCUT2D eigenvalue weighted by molar-refractivity contribution is -0.0505. The minimum Gasteiger partial charge on any atom is -0.497 e. The molecule has 0 aliphatic carbocycles. The minimum absolute atomic E-state index is 0. The second-order valence-electron chi connectivity index (χ2n) is 5.70. The van der Waals surface area contributed by atoms with E-state index in [1.807, 2.05) is 6.92 Å². The minimum atomic E-state index is -2.90. The molecular formula is C18H25F2IN4O2S. The first kappa shape index (κ1) is 24.3. The highest BCUT2D eigenvalue weighted by molar-refractivity contribution is 14.0. The lowest BCUT2D eigenvalue weighted by Gasteiger charge is -2.15. The number of benzene rings is 1. The van der Waals surface area contributed by atoms with E-state index < -0.39 is 6.61 Å². The largest absolute Gasteiger partial charge is 0.497 e. The highest BCUT2D eigenvalue weighted by atomic mass is 127. The number of halogens is 3.